The number of carbonyl (C=O) groups is 1. The summed E-state index contributed by atoms with van der Waals surface area (Å²) in [6, 6.07) is 11.4. The molecular weight excluding hydrogens is 422 g/mol. The van der Waals surface area contributed by atoms with Crippen molar-refractivity contribution in [2.24, 2.45) is 0 Å². The number of aromatic nitrogens is 2. The number of imidazole rings is 1. The molecule has 2 aromatic carbocycles. The van der Waals surface area contributed by atoms with Crippen LogP contribution in [0.1, 0.15) is 18.9 Å². The van der Waals surface area contributed by atoms with Gasteiger partial charge in [-0.15, -0.1) is 0 Å². The molecule has 3 aromatic rings. The monoisotopic (exact) mass is 447 g/mol. The van der Waals surface area contributed by atoms with Crippen LogP contribution in [0.3, 0.4) is 0 Å². The Morgan fingerprint density at radius 2 is 2.03 bits per heavy atom. The SMILES string of the molecule is CCCn1c(SCC(=O)N(C)Cc2cccc(OC)c2OC)nc2cc(Cl)ccc21. The van der Waals surface area contributed by atoms with Crippen LogP contribution in [0, 0.1) is 0 Å². The van der Waals surface area contributed by atoms with Gasteiger partial charge < -0.3 is 18.9 Å². The highest BCUT2D eigenvalue weighted by Crippen LogP contribution is 2.32. The summed E-state index contributed by atoms with van der Waals surface area (Å²) in [4.78, 5) is 19.2. The Morgan fingerprint density at radius 3 is 2.73 bits per heavy atom. The highest BCUT2D eigenvalue weighted by atomic mass is 35.5. The van der Waals surface area contributed by atoms with E-state index < -0.39 is 0 Å². The average molecular weight is 448 g/mol. The zero-order valence-electron chi connectivity index (χ0n) is 17.6. The van der Waals surface area contributed by atoms with Crippen LogP contribution in [0.4, 0.5) is 0 Å². The fourth-order valence-corrected chi connectivity index (χ4v) is 4.44. The van der Waals surface area contributed by atoms with Crippen LogP contribution in [0.5, 0.6) is 11.5 Å². The molecule has 0 N–H and O–H groups in total. The number of amides is 1. The minimum Gasteiger partial charge on any atom is -0.493 e. The van der Waals surface area contributed by atoms with Crippen molar-refractivity contribution in [3.8, 4) is 11.5 Å². The zero-order valence-corrected chi connectivity index (χ0v) is 19.2. The number of halogens is 1. The number of methoxy groups -OCH3 is 2. The number of hydrogen-bond donors (Lipinski definition) is 0. The molecule has 0 unspecified atom stereocenters. The Bertz CT molecular complexity index is 1040. The third kappa shape index (κ3) is 4.84. The molecule has 0 aliphatic rings. The van der Waals surface area contributed by atoms with E-state index in [9.17, 15) is 4.79 Å². The molecule has 1 amide bonds. The van der Waals surface area contributed by atoms with Gasteiger partial charge in [-0.25, -0.2) is 4.98 Å². The number of aryl methyl sites for hydroxylation is 1. The third-order valence-corrected chi connectivity index (χ3v) is 5.96. The summed E-state index contributed by atoms with van der Waals surface area (Å²) >= 11 is 7.56. The van der Waals surface area contributed by atoms with Gasteiger partial charge in [-0.3, -0.25) is 4.79 Å². The second-order valence-corrected chi connectivity index (χ2v) is 8.25. The zero-order chi connectivity index (χ0) is 21.7. The molecule has 0 spiro atoms. The number of nitrogens with zero attached hydrogens (tertiary/aromatic N) is 3. The Kier molecular flexibility index (Phi) is 7.50. The van der Waals surface area contributed by atoms with Crippen molar-refractivity contribution in [2.75, 3.05) is 27.0 Å². The van der Waals surface area contributed by atoms with Gasteiger partial charge in [0.1, 0.15) is 0 Å². The molecule has 6 nitrogen and oxygen atoms in total. The summed E-state index contributed by atoms with van der Waals surface area (Å²) in [6.07, 6.45) is 0.977. The molecular formula is C22H26ClN3O3S. The molecule has 160 valence electrons. The molecule has 1 aromatic heterocycles. The van der Waals surface area contributed by atoms with Crippen molar-refractivity contribution in [2.45, 2.75) is 31.6 Å². The van der Waals surface area contributed by atoms with E-state index in [2.05, 4.69) is 11.5 Å². The van der Waals surface area contributed by atoms with E-state index >= 15 is 0 Å². The fraction of sp³-hybridized carbons (Fsp3) is 0.364. The van der Waals surface area contributed by atoms with Gasteiger partial charge in [0.25, 0.3) is 0 Å². The van der Waals surface area contributed by atoms with Crippen molar-refractivity contribution in [1.29, 1.82) is 0 Å². The largest absolute Gasteiger partial charge is 0.493 e. The molecule has 0 bridgehead atoms. The standard InChI is InChI=1S/C22H26ClN3O3S/c1-5-11-26-18-10-9-16(23)12-17(18)24-22(26)30-14-20(27)25(2)13-15-7-6-8-19(28-3)21(15)29-4/h6-10,12H,5,11,13-14H2,1-4H3. The predicted octanol–water partition coefficient (Wildman–Crippen LogP) is 4.87. The maximum Gasteiger partial charge on any atom is 0.233 e. The van der Waals surface area contributed by atoms with Crippen molar-refractivity contribution >= 4 is 40.3 Å². The Hall–Kier alpha value is -2.38. The molecule has 0 fully saturated rings. The molecule has 8 heteroatoms. The minimum absolute atomic E-state index is 0.0120. The lowest BCUT2D eigenvalue weighted by Crippen LogP contribution is -2.28. The van der Waals surface area contributed by atoms with Gasteiger partial charge in [0, 0.05) is 30.7 Å². The summed E-state index contributed by atoms with van der Waals surface area (Å²) in [5, 5.41) is 1.48. The first kappa shape index (κ1) is 22.3. The van der Waals surface area contributed by atoms with E-state index in [1.165, 1.54) is 11.8 Å². The van der Waals surface area contributed by atoms with Crippen LogP contribution in [-0.2, 0) is 17.9 Å². The number of rotatable bonds is 9. The van der Waals surface area contributed by atoms with Crippen molar-refractivity contribution in [1.82, 2.24) is 14.5 Å². The minimum atomic E-state index is 0.0120. The van der Waals surface area contributed by atoms with Crippen LogP contribution in [0.25, 0.3) is 11.0 Å². The van der Waals surface area contributed by atoms with E-state index in [-0.39, 0.29) is 5.91 Å². The van der Waals surface area contributed by atoms with Gasteiger partial charge in [0.15, 0.2) is 16.7 Å². The normalized spacial score (nSPS) is 11.0. The summed E-state index contributed by atoms with van der Waals surface area (Å²) in [5.41, 5.74) is 2.77. The number of ether oxygens (including phenoxy) is 2. The summed E-state index contributed by atoms with van der Waals surface area (Å²) in [5.74, 6) is 1.60. The molecule has 0 atom stereocenters. The Labute approximate surface area is 186 Å². The van der Waals surface area contributed by atoms with Gasteiger partial charge in [-0.1, -0.05) is 42.4 Å². The first-order valence-corrected chi connectivity index (χ1v) is 11.1. The Morgan fingerprint density at radius 1 is 1.23 bits per heavy atom. The first-order valence-electron chi connectivity index (χ1n) is 9.70. The smallest absolute Gasteiger partial charge is 0.233 e. The van der Waals surface area contributed by atoms with Crippen LogP contribution >= 0.6 is 23.4 Å². The lowest BCUT2D eigenvalue weighted by atomic mass is 10.1. The third-order valence-electron chi connectivity index (χ3n) is 4.76. The van der Waals surface area contributed by atoms with Gasteiger partial charge >= 0.3 is 0 Å². The van der Waals surface area contributed by atoms with E-state index in [1.807, 2.05) is 36.4 Å². The molecule has 0 radical (unpaired) electrons. The highest BCUT2D eigenvalue weighted by Gasteiger charge is 2.17. The van der Waals surface area contributed by atoms with Crippen LogP contribution in [0.2, 0.25) is 5.02 Å². The van der Waals surface area contributed by atoms with Crippen LogP contribution < -0.4 is 9.47 Å². The first-order chi connectivity index (χ1) is 14.5. The van der Waals surface area contributed by atoms with E-state index in [0.717, 1.165) is 34.7 Å². The maximum absolute atomic E-state index is 12.8. The number of carbonyl (C=O) groups excluding carboxylic acids is 1. The number of hydrogen-bond acceptors (Lipinski definition) is 5. The summed E-state index contributed by atoms with van der Waals surface area (Å²) in [6.45, 7) is 3.39. The Balaban J connectivity index is 1.72. The molecule has 0 saturated carbocycles. The maximum atomic E-state index is 12.8. The topological polar surface area (TPSA) is 56.6 Å². The van der Waals surface area contributed by atoms with Crippen LogP contribution in [-0.4, -0.2) is 47.4 Å². The average Bonchev–Trinajstić information content (AvgIpc) is 3.08. The fourth-order valence-electron chi connectivity index (χ4n) is 3.29. The van der Waals surface area contributed by atoms with Crippen molar-refractivity contribution in [3.05, 3.63) is 47.0 Å². The van der Waals surface area contributed by atoms with Gasteiger partial charge in [0.2, 0.25) is 5.91 Å². The van der Waals surface area contributed by atoms with E-state index in [1.54, 1.807) is 26.2 Å². The quantitative estimate of drug-likeness (QED) is 0.438. The van der Waals surface area contributed by atoms with Gasteiger partial charge in [-0.05, 0) is 30.7 Å². The lowest BCUT2D eigenvalue weighted by molar-refractivity contribution is -0.127. The van der Waals surface area contributed by atoms with E-state index in [4.69, 9.17) is 26.1 Å². The number of thioether (sulfide) groups is 1. The van der Waals surface area contributed by atoms with Gasteiger partial charge in [-0.2, -0.15) is 0 Å². The molecule has 1 heterocycles. The molecule has 0 aliphatic heterocycles. The second kappa shape index (κ2) is 10.1. The number of benzene rings is 2. The molecule has 3 rings (SSSR count). The molecule has 0 aliphatic carbocycles. The number of fused-ring (bicyclic) bond motifs is 1. The van der Waals surface area contributed by atoms with Crippen molar-refractivity contribution < 1.29 is 14.3 Å². The molecule has 0 saturated heterocycles. The van der Waals surface area contributed by atoms with Crippen LogP contribution in [0.15, 0.2) is 41.6 Å². The second-order valence-electron chi connectivity index (χ2n) is 6.87. The number of para-hydroxylation sites is 1. The van der Waals surface area contributed by atoms with E-state index in [0.29, 0.717) is 28.8 Å². The van der Waals surface area contributed by atoms with Crippen molar-refractivity contribution in [3.63, 3.8) is 0 Å². The molecule has 30 heavy (non-hydrogen) atoms. The summed E-state index contributed by atoms with van der Waals surface area (Å²) < 4.78 is 13.0. The van der Waals surface area contributed by atoms with Gasteiger partial charge in [0.05, 0.1) is 31.0 Å². The summed E-state index contributed by atoms with van der Waals surface area (Å²) in [7, 11) is 4.99. The lowest BCUT2D eigenvalue weighted by Gasteiger charge is -2.20. The highest BCUT2D eigenvalue weighted by molar-refractivity contribution is 7.99. The predicted molar refractivity (Wildman–Crippen MR) is 122 cm³/mol.